The summed E-state index contributed by atoms with van der Waals surface area (Å²) in [5.41, 5.74) is 19.7. The summed E-state index contributed by atoms with van der Waals surface area (Å²) in [6, 6.07) is 12.7. The van der Waals surface area contributed by atoms with Crippen LogP contribution in [0.3, 0.4) is 0 Å². The molecule has 1 spiro atoms. The van der Waals surface area contributed by atoms with Crippen molar-refractivity contribution in [2.75, 3.05) is 23.7 Å². The number of halogens is 2. The molecule has 0 radical (unpaired) electrons. The summed E-state index contributed by atoms with van der Waals surface area (Å²) in [5.74, 6) is 0.515. The minimum Gasteiger partial charge on any atom is -0.485 e. The van der Waals surface area contributed by atoms with E-state index in [1.54, 1.807) is 18.2 Å². The van der Waals surface area contributed by atoms with E-state index in [1.165, 1.54) is 0 Å². The van der Waals surface area contributed by atoms with Crippen LogP contribution in [0.2, 0.25) is 10.0 Å². The van der Waals surface area contributed by atoms with Gasteiger partial charge in [-0.3, -0.25) is 4.79 Å². The lowest BCUT2D eigenvalue weighted by Gasteiger charge is -2.41. The maximum Gasteiger partial charge on any atom is 0.268 e. The van der Waals surface area contributed by atoms with Gasteiger partial charge in [-0.1, -0.05) is 53.5 Å². The molecule has 10 heteroatoms. The molecule has 5 rings (SSSR count). The Morgan fingerprint density at radius 3 is 2.52 bits per heavy atom. The lowest BCUT2D eigenvalue weighted by molar-refractivity contribution is 0.0429. The van der Waals surface area contributed by atoms with E-state index in [-0.39, 0.29) is 28.1 Å². The molecular weight excluding hydrogens is 463 g/mol. The number of piperidine rings is 1. The number of aromatic nitrogens is 2. The minimum atomic E-state index is -0.735. The summed E-state index contributed by atoms with van der Waals surface area (Å²) in [7, 11) is 0. The van der Waals surface area contributed by atoms with Crippen LogP contribution >= 0.6 is 23.2 Å². The van der Waals surface area contributed by atoms with E-state index in [1.807, 2.05) is 29.2 Å². The van der Waals surface area contributed by atoms with Crippen LogP contribution in [0, 0.1) is 0 Å². The second kappa shape index (κ2) is 8.06. The number of carbonyl (C=O) groups excluding carboxylic acids is 1. The standard InChI is InChI=1S/C23H22Cl2N6O2/c24-14-6-3-5-13(17(14)25)16-18(21(28)32)29-22(30-20(16)27)31-10-8-23(9-11-31)19(26)12-4-1-2-7-15(12)33-23/h1-7,19H,8-11,26H2,(H2,28,32)(H2,27,29,30)/t19-/m1/s1. The lowest BCUT2D eigenvalue weighted by Crippen LogP contribution is -2.51. The number of benzene rings is 2. The van der Waals surface area contributed by atoms with Gasteiger partial charge in [-0.25, -0.2) is 4.98 Å². The van der Waals surface area contributed by atoms with Crippen molar-refractivity contribution >= 4 is 40.9 Å². The zero-order chi connectivity index (χ0) is 23.3. The molecule has 2 aliphatic rings. The molecule has 0 unspecified atom stereocenters. The summed E-state index contributed by atoms with van der Waals surface area (Å²) in [4.78, 5) is 23.2. The van der Waals surface area contributed by atoms with Crippen molar-refractivity contribution in [3.63, 3.8) is 0 Å². The Kier molecular flexibility index (Phi) is 5.31. The van der Waals surface area contributed by atoms with Crippen LogP contribution in [-0.4, -0.2) is 34.6 Å². The third-order valence-electron chi connectivity index (χ3n) is 6.41. The molecule has 1 saturated heterocycles. The number of hydrogen-bond donors (Lipinski definition) is 3. The van der Waals surface area contributed by atoms with Gasteiger partial charge in [-0.05, 0) is 12.1 Å². The number of hydrogen-bond acceptors (Lipinski definition) is 7. The first kappa shape index (κ1) is 21.8. The number of amides is 1. The SMILES string of the molecule is NC(=O)c1nc(N2CCC3(CC2)Oc2ccccc2[C@H]3N)nc(N)c1-c1cccc(Cl)c1Cl. The molecule has 2 aromatic carbocycles. The fourth-order valence-corrected chi connectivity index (χ4v) is 5.04. The van der Waals surface area contributed by atoms with Crippen molar-refractivity contribution in [2.45, 2.75) is 24.5 Å². The number of nitrogens with two attached hydrogens (primary N) is 3. The van der Waals surface area contributed by atoms with E-state index in [9.17, 15) is 4.79 Å². The average Bonchev–Trinajstić information content (AvgIpc) is 3.07. The van der Waals surface area contributed by atoms with Gasteiger partial charge in [0.2, 0.25) is 5.95 Å². The molecule has 33 heavy (non-hydrogen) atoms. The van der Waals surface area contributed by atoms with E-state index in [4.69, 9.17) is 45.1 Å². The molecular formula is C23H22Cl2N6O2. The fourth-order valence-electron chi connectivity index (χ4n) is 4.64. The average molecular weight is 485 g/mol. The Labute approximate surface area is 200 Å². The van der Waals surface area contributed by atoms with E-state index in [0.29, 0.717) is 42.5 Å². The summed E-state index contributed by atoms with van der Waals surface area (Å²) in [6.07, 6.45) is 1.33. The first-order valence-corrected chi connectivity index (χ1v) is 11.3. The molecule has 0 aliphatic carbocycles. The van der Waals surface area contributed by atoms with Crippen molar-refractivity contribution < 1.29 is 9.53 Å². The van der Waals surface area contributed by atoms with Crippen molar-refractivity contribution in [3.05, 3.63) is 63.8 Å². The second-order valence-corrected chi connectivity index (χ2v) is 9.05. The van der Waals surface area contributed by atoms with Gasteiger partial charge < -0.3 is 26.8 Å². The van der Waals surface area contributed by atoms with Crippen LogP contribution in [0.25, 0.3) is 11.1 Å². The highest BCUT2D eigenvalue weighted by Gasteiger charge is 2.48. The lowest BCUT2D eigenvalue weighted by atomic mass is 9.83. The summed E-state index contributed by atoms with van der Waals surface area (Å²) in [5, 5.41) is 0.569. The minimum absolute atomic E-state index is 0.0109. The quantitative estimate of drug-likeness (QED) is 0.517. The highest BCUT2D eigenvalue weighted by molar-refractivity contribution is 6.44. The Morgan fingerprint density at radius 1 is 1.09 bits per heavy atom. The maximum absolute atomic E-state index is 12.3. The Bertz CT molecular complexity index is 1260. The maximum atomic E-state index is 12.3. The molecule has 1 atom stereocenters. The van der Waals surface area contributed by atoms with Gasteiger partial charge >= 0.3 is 0 Å². The summed E-state index contributed by atoms with van der Waals surface area (Å²) < 4.78 is 6.30. The van der Waals surface area contributed by atoms with Gasteiger partial charge in [0.25, 0.3) is 5.91 Å². The van der Waals surface area contributed by atoms with E-state index in [2.05, 4.69) is 9.97 Å². The number of nitrogen functional groups attached to an aromatic ring is 1. The summed E-state index contributed by atoms with van der Waals surface area (Å²) in [6.45, 7) is 1.16. The van der Waals surface area contributed by atoms with Gasteiger partial charge in [0.05, 0.1) is 21.7 Å². The zero-order valence-corrected chi connectivity index (χ0v) is 19.1. The molecule has 3 aromatic rings. The van der Waals surface area contributed by atoms with Gasteiger partial charge in [0, 0.05) is 37.1 Å². The number of anilines is 2. The monoisotopic (exact) mass is 484 g/mol. The predicted molar refractivity (Wildman–Crippen MR) is 129 cm³/mol. The molecule has 1 fully saturated rings. The Hall–Kier alpha value is -3.07. The normalized spacial score (nSPS) is 18.8. The third kappa shape index (κ3) is 3.55. The van der Waals surface area contributed by atoms with Crippen molar-refractivity contribution in [1.29, 1.82) is 0 Å². The van der Waals surface area contributed by atoms with Crippen molar-refractivity contribution in [2.24, 2.45) is 11.5 Å². The first-order valence-electron chi connectivity index (χ1n) is 10.5. The zero-order valence-electron chi connectivity index (χ0n) is 17.6. The third-order valence-corrected chi connectivity index (χ3v) is 7.23. The largest absolute Gasteiger partial charge is 0.485 e. The van der Waals surface area contributed by atoms with Crippen molar-refractivity contribution in [3.8, 4) is 16.9 Å². The Morgan fingerprint density at radius 2 is 1.82 bits per heavy atom. The van der Waals surface area contributed by atoms with Gasteiger partial charge in [-0.2, -0.15) is 4.98 Å². The van der Waals surface area contributed by atoms with Gasteiger partial charge in [-0.15, -0.1) is 0 Å². The van der Waals surface area contributed by atoms with Crippen LogP contribution in [0.4, 0.5) is 11.8 Å². The molecule has 1 aromatic heterocycles. The predicted octanol–water partition coefficient (Wildman–Crippen LogP) is 3.56. The van der Waals surface area contributed by atoms with Gasteiger partial charge in [0.1, 0.15) is 22.9 Å². The van der Waals surface area contributed by atoms with Gasteiger partial charge in [0.15, 0.2) is 0 Å². The smallest absolute Gasteiger partial charge is 0.268 e. The van der Waals surface area contributed by atoms with Crippen LogP contribution in [-0.2, 0) is 0 Å². The molecule has 170 valence electrons. The number of ether oxygens (including phenoxy) is 1. The highest BCUT2D eigenvalue weighted by Crippen LogP contribution is 2.47. The fraction of sp³-hybridized carbons (Fsp3) is 0.261. The Balaban J connectivity index is 1.45. The molecule has 2 aliphatic heterocycles. The van der Waals surface area contributed by atoms with Crippen molar-refractivity contribution in [1.82, 2.24) is 9.97 Å². The van der Waals surface area contributed by atoms with Crippen LogP contribution < -0.4 is 26.8 Å². The number of para-hydroxylation sites is 1. The molecule has 1 amide bonds. The number of primary amides is 1. The van der Waals surface area contributed by atoms with Crippen LogP contribution in [0.15, 0.2) is 42.5 Å². The molecule has 3 heterocycles. The number of carbonyl (C=O) groups is 1. The molecule has 0 bridgehead atoms. The van der Waals surface area contributed by atoms with Crippen LogP contribution in [0.5, 0.6) is 5.75 Å². The number of rotatable bonds is 3. The first-order chi connectivity index (χ1) is 15.8. The second-order valence-electron chi connectivity index (χ2n) is 8.27. The van der Waals surface area contributed by atoms with Crippen LogP contribution in [0.1, 0.15) is 34.9 Å². The van der Waals surface area contributed by atoms with E-state index < -0.39 is 11.5 Å². The molecule has 8 nitrogen and oxygen atoms in total. The highest BCUT2D eigenvalue weighted by atomic mass is 35.5. The van der Waals surface area contributed by atoms with E-state index >= 15 is 0 Å². The number of nitrogens with zero attached hydrogens (tertiary/aromatic N) is 3. The topological polar surface area (TPSA) is 133 Å². The summed E-state index contributed by atoms with van der Waals surface area (Å²) >= 11 is 12.5. The molecule has 0 saturated carbocycles. The number of fused-ring (bicyclic) bond motifs is 1. The molecule has 6 N–H and O–H groups in total. The van der Waals surface area contributed by atoms with E-state index in [0.717, 1.165) is 11.3 Å².